The number of nitrogens with zero attached hydrogens (tertiary/aromatic N) is 2. The predicted molar refractivity (Wildman–Crippen MR) is 470 cm³/mol. The normalized spacial score (nSPS) is 14.5. The fourth-order valence-corrected chi connectivity index (χ4v) is 18.9. The third-order valence-corrected chi connectivity index (χ3v) is 25.1. The minimum Gasteiger partial charge on any atom is -0.310 e. The maximum atomic E-state index is 2.66. The molecule has 14 aromatic carbocycles. The van der Waals surface area contributed by atoms with Gasteiger partial charge in [0, 0.05) is 22.2 Å². The number of anilines is 6. The van der Waals surface area contributed by atoms with Gasteiger partial charge in [-0.3, -0.25) is 0 Å². The molecule has 548 valence electrons. The largest absolute Gasteiger partial charge is 0.310 e. The summed E-state index contributed by atoms with van der Waals surface area (Å²) >= 11 is 0. The first-order valence-corrected chi connectivity index (χ1v) is 40.4. The molecule has 0 spiro atoms. The van der Waals surface area contributed by atoms with E-state index in [1.54, 1.807) is 0 Å². The Balaban J connectivity index is 0.000000261. The van der Waals surface area contributed by atoms with E-state index in [1.807, 2.05) is 0 Å². The summed E-state index contributed by atoms with van der Waals surface area (Å²) in [6.07, 6.45) is 6.88. The van der Waals surface area contributed by atoms with Gasteiger partial charge in [-0.25, -0.2) is 0 Å². The Morgan fingerprint density at radius 3 is 0.845 bits per heavy atom. The lowest BCUT2D eigenvalue weighted by Crippen LogP contribution is -2.38. The third-order valence-electron chi connectivity index (χ3n) is 25.1. The van der Waals surface area contributed by atoms with Gasteiger partial charge in [0.2, 0.25) is 0 Å². The van der Waals surface area contributed by atoms with Crippen molar-refractivity contribution in [1.82, 2.24) is 0 Å². The van der Waals surface area contributed by atoms with Crippen LogP contribution in [0.15, 0.2) is 279 Å². The summed E-state index contributed by atoms with van der Waals surface area (Å²) < 4.78 is 0. The fourth-order valence-electron chi connectivity index (χ4n) is 18.9. The van der Waals surface area contributed by atoms with Crippen LogP contribution in [-0.4, -0.2) is 0 Å². The smallest absolute Gasteiger partial charge is 0.0742 e. The van der Waals surface area contributed by atoms with Crippen LogP contribution in [-0.2, 0) is 34.5 Å². The van der Waals surface area contributed by atoms with E-state index in [1.165, 1.54) is 226 Å². The van der Waals surface area contributed by atoms with E-state index in [0.29, 0.717) is 0 Å². The van der Waals surface area contributed by atoms with E-state index in [4.69, 9.17) is 0 Å². The molecule has 2 aliphatic carbocycles. The Morgan fingerprint density at radius 2 is 0.527 bits per heavy atom. The maximum Gasteiger partial charge on any atom is 0.0742 e. The van der Waals surface area contributed by atoms with Crippen LogP contribution < -0.4 is 9.80 Å². The predicted octanol–water partition coefficient (Wildman–Crippen LogP) is 28.9. The Labute approximate surface area is 656 Å². The third kappa shape index (κ3) is 12.3. The van der Waals surface area contributed by atoms with Crippen molar-refractivity contribution in [1.29, 1.82) is 0 Å². The molecule has 2 heteroatoms. The Hall–Kier alpha value is -11.1. The highest BCUT2D eigenvalue weighted by Crippen LogP contribution is 2.65. The van der Waals surface area contributed by atoms with Crippen molar-refractivity contribution in [3.05, 3.63) is 413 Å². The number of hydrogen-bond donors (Lipinski definition) is 0. The Morgan fingerprint density at radius 1 is 0.245 bits per heavy atom. The van der Waals surface area contributed by atoms with Crippen LogP contribution in [0.3, 0.4) is 0 Å². The highest BCUT2D eigenvalue weighted by atomic mass is 15.2. The molecule has 0 unspecified atom stereocenters. The van der Waals surface area contributed by atoms with Crippen LogP contribution in [0.5, 0.6) is 0 Å². The first-order valence-electron chi connectivity index (χ1n) is 40.4. The van der Waals surface area contributed by atoms with Crippen molar-refractivity contribution in [3.63, 3.8) is 0 Å². The van der Waals surface area contributed by atoms with Gasteiger partial charge in [-0.15, -0.1) is 0 Å². The van der Waals surface area contributed by atoms with Gasteiger partial charge in [-0.05, 0) is 278 Å². The number of benzene rings is 14. The minimum absolute atomic E-state index is 0.142. The second-order valence-electron chi connectivity index (χ2n) is 33.6. The lowest BCUT2D eigenvalue weighted by atomic mass is 9.61. The lowest BCUT2D eigenvalue weighted by Gasteiger charge is -2.47. The van der Waals surface area contributed by atoms with E-state index in [9.17, 15) is 0 Å². The molecular formula is C108H106N2. The summed E-state index contributed by atoms with van der Waals surface area (Å²) in [6, 6.07) is 108. The van der Waals surface area contributed by atoms with Gasteiger partial charge in [0.15, 0.2) is 0 Å². The summed E-state index contributed by atoms with van der Waals surface area (Å²) in [6.45, 7) is 36.2. The molecule has 0 saturated carbocycles. The summed E-state index contributed by atoms with van der Waals surface area (Å²) in [7, 11) is 0. The topological polar surface area (TPSA) is 6.48 Å². The highest BCUT2D eigenvalue weighted by Gasteiger charge is 2.52. The monoisotopic (exact) mass is 1430 g/mol. The summed E-state index contributed by atoms with van der Waals surface area (Å²) in [5.41, 5.74) is 42.6. The molecular weight excluding hydrogens is 1330 g/mol. The van der Waals surface area contributed by atoms with Gasteiger partial charge >= 0.3 is 0 Å². The van der Waals surface area contributed by atoms with Gasteiger partial charge < -0.3 is 9.80 Å². The first kappa shape index (κ1) is 73.1. The van der Waals surface area contributed by atoms with E-state index in [2.05, 4.69) is 400 Å². The summed E-state index contributed by atoms with van der Waals surface area (Å²) in [5.74, 6) is 0. The van der Waals surface area contributed by atoms with E-state index >= 15 is 0 Å². The Kier molecular flexibility index (Phi) is 19.1. The van der Waals surface area contributed by atoms with E-state index in [0.717, 1.165) is 12.8 Å². The number of rotatable bonds is 12. The van der Waals surface area contributed by atoms with Crippen LogP contribution in [0.2, 0.25) is 0 Å². The Bertz CT molecular complexity index is 5370. The molecule has 0 amide bonds. The molecule has 2 aliphatic heterocycles. The van der Waals surface area contributed by atoms with Crippen LogP contribution in [0.1, 0.15) is 201 Å². The highest BCUT2D eigenvalue weighted by molar-refractivity contribution is 5.98. The van der Waals surface area contributed by atoms with Crippen LogP contribution in [0, 0.1) is 69.2 Å². The quantitative estimate of drug-likeness (QED) is 0.120. The maximum absolute atomic E-state index is 2.66. The van der Waals surface area contributed by atoms with E-state index in [-0.39, 0.29) is 10.8 Å². The van der Waals surface area contributed by atoms with Crippen molar-refractivity contribution in [3.8, 4) is 22.3 Å². The summed E-state index contributed by atoms with van der Waals surface area (Å²) in [4.78, 5) is 5.20. The van der Waals surface area contributed by atoms with Gasteiger partial charge in [0.25, 0.3) is 0 Å². The molecule has 110 heavy (non-hydrogen) atoms. The molecule has 0 radical (unpaired) electrons. The fraction of sp³-hybridized carbons (Fsp3) is 0.241. The van der Waals surface area contributed by atoms with Gasteiger partial charge in [-0.2, -0.15) is 0 Å². The number of hydrogen-bond acceptors (Lipinski definition) is 2. The standard InChI is InChI=1S/C79H76N2.C17H18.C12H12/c1-11-13-15-57-27-39-63(40-28-57)80-73-43-25-55(7)45-69(73)78(59-31-17-51(3)18-32-59,60-33-19-52(4)20-34-60)71-47-65-66-48-72-76(50-68(66)77(9,10)67(65)49-75(71)80)81(64-41-29-58(30-42-64)16-14-12-2)74-44-26-56(8)46-70(74)79(72,61-35-21-53(5)22-36-61)62-37-23-54(6)24-38-62;1-11-5-7-13-14-8-6-12(2)10-16(14)17(3,4)15(13)9-11;1-9-7-8-10(2)12-6-4-3-5-11(9)12/h17-50H,11-16H2,1-10H3;5-10H,1-4H3;3-8H,1-2H3. The van der Waals surface area contributed by atoms with Gasteiger partial charge in [0.05, 0.1) is 33.6 Å². The molecule has 0 saturated heterocycles. The molecule has 4 aliphatic rings. The first-order chi connectivity index (χ1) is 53.0. The lowest BCUT2D eigenvalue weighted by molar-refractivity contribution is 0.656. The summed E-state index contributed by atoms with van der Waals surface area (Å²) in [5, 5.41) is 2.75. The molecule has 2 heterocycles. The van der Waals surface area contributed by atoms with Crippen LogP contribution in [0.25, 0.3) is 33.0 Å². The van der Waals surface area contributed by atoms with Crippen molar-refractivity contribution in [2.45, 2.75) is 171 Å². The number of fused-ring (bicyclic) bond motifs is 11. The molecule has 0 N–H and O–H groups in total. The molecule has 0 bridgehead atoms. The van der Waals surface area contributed by atoms with Crippen molar-refractivity contribution in [2.75, 3.05) is 9.80 Å². The molecule has 0 fully saturated rings. The zero-order chi connectivity index (χ0) is 76.7. The molecule has 18 rings (SSSR count). The second kappa shape index (κ2) is 28.7. The molecule has 0 aromatic heterocycles. The van der Waals surface area contributed by atoms with Crippen molar-refractivity contribution in [2.24, 2.45) is 0 Å². The SMILES string of the molecule is CCCCc1ccc(N2c3ccc(C)cc3C(c3ccc(C)cc3)(c3ccc(C)cc3)c3cc4c(cc32)C(C)(C)c2cc3c(cc2-4)C(c2ccc(C)cc2)(c2ccc(C)cc2)c2cc(C)ccc2N3c2ccc(CCCC)cc2)cc1.Cc1ccc(C)c2ccccc12.Cc1ccc2c(c1)C(C)(C)c1cc(C)ccc1-2. The second-order valence-corrected chi connectivity index (χ2v) is 33.6. The molecule has 0 atom stereocenters. The average Bonchev–Trinajstić information content (AvgIpc) is 1.29. The van der Waals surface area contributed by atoms with Crippen molar-refractivity contribution >= 4 is 44.9 Å². The average molecular weight is 1430 g/mol. The minimum atomic E-state index is -0.671. The van der Waals surface area contributed by atoms with E-state index < -0.39 is 10.8 Å². The zero-order valence-electron chi connectivity index (χ0n) is 67.7. The van der Waals surface area contributed by atoms with Crippen LogP contribution in [0.4, 0.5) is 34.1 Å². The number of unbranched alkanes of at least 4 members (excludes halogenated alkanes) is 2. The van der Waals surface area contributed by atoms with Crippen molar-refractivity contribution < 1.29 is 0 Å². The van der Waals surface area contributed by atoms with Gasteiger partial charge in [-0.1, -0.05) is 317 Å². The molecule has 14 aromatic rings. The van der Waals surface area contributed by atoms with Gasteiger partial charge in [0.1, 0.15) is 0 Å². The molecule has 2 nitrogen and oxygen atoms in total. The zero-order valence-corrected chi connectivity index (χ0v) is 67.7. The van der Waals surface area contributed by atoms with Crippen LogP contribution >= 0.6 is 0 Å². The number of aryl methyl sites for hydroxylation is 12.